The van der Waals surface area contributed by atoms with Crippen LogP contribution in [0.3, 0.4) is 0 Å². The number of benzene rings is 1. The lowest BCUT2D eigenvalue weighted by molar-refractivity contribution is 0.251. The van der Waals surface area contributed by atoms with E-state index in [0.29, 0.717) is 12.0 Å². The van der Waals surface area contributed by atoms with Crippen LogP contribution in [0.1, 0.15) is 38.3 Å². The van der Waals surface area contributed by atoms with E-state index >= 15 is 0 Å². The molecule has 1 aromatic carbocycles. The quantitative estimate of drug-likeness (QED) is 0.737. The van der Waals surface area contributed by atoms with Crippen molar-refractivity contribution in [2.45, 2.75) is 32.7 Å². The number of urea groups is 1. The molecule has 0 bridgehead atoms. The molecule has 0 aliphatic heterocycles. The molecular formula is C15H23N3O. The van der Waals surface area contributed by atoms with Gasteiger partial charge in [0.25, 0.3) is 0 Å². The third kappa shape index (κ3) is 4.56. The fourth-order valence-electron chi connectivity index (χ4n) is 2.04. The Hall–Kier alpha value is -1.55. The Morgan fingerprint density at radius 2 is 2.21 bits per heavy atom. The average molecular weight is 261 g/mol. The van der Waals surface area contributed by atoms with Gasteiger partial charge in [-0.25, -0.2) is 4.79 Å². The minimum atomic E-state index is -0.111. The molecule has 1 unspecified atom stereocenters. The van der Waals surface area contributed by atoms with Crippen LogP contribution in [0.4, 0.5) is 10.5 Å². The molecule has 1 fully saturated rings. The Bertz CT molecular complexity index is 429. The monoisotopic (exact) mass is 261 g/mol. The maximum atomic E-state index is 11.7. The van der Waals surface area contributed by atoms with Gasteiger partial charge in [0.15, 0.2) is 0 Å². The summed E-state index contributed by atoms with van der Waals surface area (Å²) in [4.78, 5) is 11.7. The van der Waals surface area contributed by atoms with E-state index in [4.69, 9.17) is 0 Å². The average Bonchev–Trinajstić information content (AvgIpc) is 3.21. The van der Waals surface area contributed by atoms with Crippen LogP contribution in [0.2, 0.25) is 0 Å². The second-order valence-electron chi connectivity index (χ2n) is 5.18. The summed E-state index contributed by atoms with van der Waals surface area (Å²) < 4.78 is 0. The second kappa shape index (κ2) is 6.57. The number of hydrogen-bond donors (Lipinski definition) is 3. The molecule has 0 heterocycles. The van der Waals surface area contributed by atoms with Gasteiger partial charge in [-0.15, -0.1) is 0 Å². The summed E-state index contributed by atoms with van der Waals surface area (Å²) in [6.45, 7) is 5.93. The zero-order valence-corrected chi connectivity index (χ0v) is 11.7. The van der Waals surface area contributed by atoms with E-state index in [2.05, 4.69) is 35.9 Å². The van der Waals surface area contributed by atoms with Crippen molar-refractivity contribution in [3.05, 3.63) is 29.8 Å². The first-order valence-electron chi connectivity index (χ1n) is 7.07. The van der Waals surface area contributed by atoms with Gasteiger partial charge in [-0.1, -0.05) is 19.1 Å². The van der Waals surface area contributed by atoms with Gasteiger partial charge in [-0.05, 0) is 49.9 Å². The lowest BCUT2D eigenvalue weighted by Crippen LogP contribution is -2.30. The maximum Gasteiger partial charge on any atom is 0.319 e. The first kappa shape index (κ1) is 13.9. The summed E-state index contributed by atoms with van der Waals surface area (Å²) in [5.74, 6) is 0.700. The smallest absolute Gasteiger partial charge is 0.319 e. The highest BCUT2D eigenvalue weighted by atomic mass is 16.2. The van der Waals surface area contributed by atoms with Crippen molar-refractivity contribution >= 4 is 11.7 Å². The third-order valence-electron chi connectivity index (χ3n) is 3.40. The molecule has 0 spiro atoms. The first-order valence-corrected chi connectivity index (χ1v) is 7.07. The number of nitrogens with one attached hydrogen (secondary N) is 3. The molecule has 1 aliphatic rings. The molecule has 4 nitrogen and oxygen atoms in total. The Kier molecular flexibility index (Phi) is 4.80. The number of rotatable bonds is 6. The summed E-state index contributed by atoms with van der Waals surface area (Å²) in [6, 6.07) is 8.16. The Labute approximate surface area is 115 Å². The van der Waals surface area contributed by atoms with Crippen LogP contribution in [0, 0.1) is 5.92 Å². The van der Waals surface area contributed by atoms with Crippen molar-refractivity contribution in [3.63, 3.8) is 0 Å². The number of carbonyl (C=O) groups excluding carboxylic acids is 1. The van der Waals surface area contributed by atoms with Crippen LogP contribution in [-0.4, -0.2) is 19.1 Å². The molecule has 4 heteroatoms. The first-order chi connectivity index (χ1) is 9.19. The Morgan fingerprint density at radius 3 is 2.89 bits per heavy atom. The number of anilines is 1. The van der Waals surface area contributed by atoms with E-state index in [1.165, 1.54) is 18.4 Å². The Morgan fingerprint density at radius 1 is 1.42 bits per heavy atom. The molecule has 19 heavy (non-hydrogen) atoms. The molecule has 1 aromatic rings. The van der Waals surface area contributed by atoms with Crippen molar-refractivity contribution in [2.75, 3.05) is 18.4 Å². The maximum absolute atomic E-state index is 11.7. The van der Waals surface area contributed by atoms with Gasteiger partial charge >= 0.3 is 6.03 Å². The molecule has 1 saturated carbocycles. The van der Waals surface area contributed by atoms with Gasteiger partial charge < -0.3 is 16.0 Å². The largest absolute Gasteiger partial charge is 0.338 e. The van der Waals surface area contributed by atoms with Gasteiger partial charge in [0, 0.05) is 18.3 Å². The Balaban J connectivity index is 1.88. The summed E-state index contributed by atoms with van der Waals surface area (Å²) >= 11 is 0. The fourth-order valence-corrected chi connectivity index (χ4v) is 2.04. The molecule has 104 valence electrons. The fraction of sp³-hybridized carbons (Fsp3) is 0.533. The molecule has 2 rings (SSSR count). The van der Waals surface area contributed by atoms with E-state index in [1.807, 2.05) is 18.2 Å². The predicted molar refractivity (Wildman–Crippen MR) is 78.3 cm³/mol. The highest BCUT2D eigenvalue weighted by Crippen LogP contribution is 2.27. The highest BCUT2D eigenvalue weighted by Gasteiger charge is 2.21. The van der Waals surface area contributed by atoms with Gasteiger partial charge in [-0.3, -0.25) is 0 Å². The second-order valence-corrected chi connectivity index (χ2v) is 5.18. The van der Waals surface area contributed by atoms with Gasteiger partial charge in [0.2, 0.25) is 0 Å². The summed E-state index contributed by atoms with van der Waals surface area (Å²) in [5, 5.41) is 9.15. The van der Waals surface area contributed by atoms with Crippen molar-refractivity contribution in [1.82, 2.24) is 10.6 Å². The van der Waals surface area contributed by atoms with Crippen LogP contribution < -0.4 is 16.0 Å². The van der Waals surface area contributed by atoms with E-state index in [0.717, 1.165) is 18.8 Å². The van der Waals surface area contributed by atoms with Crippen molar-refractivity contribution in [1.29, 1.82) is 0 Å². The third-order valence-corrected chi connectivity index (χ3v) is 3.40. The molecule has 3 N–H and O–H groups in total. The number of amides is 2. The van der Waals surface area contributed by atoms with Gasteiger partial charge in [0.05, 0.1) is 0 Å². The molecule has 0 saturated heterocycles. The van der Waals surface area contributed by atoms with Crippen molar-refractivity contribution in [3.8, 4) is 0 Å². The summed E-state index contributed by atoms with van der Waals surface area (Å²) in [7, 11) is 0. The molecular weight excluding hydrogens is 238 g/mol. The van der Waals surface area contributed by atoms with Crippen molar-refractivity contribution < 1.29 is 4.79 Å². The molecule has 2 amide bonds. The predicted octanol–water partition coefficient (Wildman–Crippen LogP) is 2.89. The normalized spacial score (nSPS) is 15.9. The zero-order chi connectivity index (χ0) is 13.7. The lowest BCUT2D eigenvalue weighted by Gasteiger charge is -2.14. The standard InChI is InChI=1S/C15H23N3O/c1-3-16-11(2)13-5-4-6-14(9-13)18-15(19)17-10-12-7-8-12/h4-6,9,11-12,16H,3,7-8,10H2,1-2H3,(H2,17,18,19). The van der Waals surface area contributed by atoms with Crippen LogP contribution >= 0.6 is 0 Å². The molecule has 1 atom stereocenters. The van der Waals surface area contributed by atoms with Crippen LogP contribution in [0.5, 0.6) is 0 Å². The minimum absolute atomic E-state index is 0.111. The van der Waals surface area contributed by atoms with E-state index < -0.39 is 0 Å². The van der Waals surface area contributed by atoms with E-state index in [9.17, 15) is 4.79 Å². The summed E-state index contributed by atoms with van der Waals surface area (Å²) in [5.41, 5.74) is 2.03. The van der Waals surface area contributed by atoms with E-state index in [1.54, 1.807) is 0 Å². The SMILES string of the molecule is CCNC(C)c1cccc(NC(=O)NCC2CC2)c1. The minimum Gasteiger partial charge on any atom is -0.338 e. The molecule has 0 radical (unpaired) electrons. The summed E-state index contributed by atoms with van der Waals surface area (Å²) in [6.07, 6.45) is 2.49. The molecule has 1 aliphatic carbocycles. The molecule has 0 aromatic heterocycles. The topological polar surface area (TPSA) is 53.2 Å². The van der Waals surface area contributed by atoms with Crippen LogP contribution in [0.15, 0.2) is 24.3 Å². The zero-order valence-electron chi connectivity index (χ0n) is 11.7. The highest BCUT2D eigenvalue weighted by molar-refractivity contribution is 5.89. The van der Waals surface area contributed by atoms with Crippen molar-refractivity contribution in [2.24, 2.45) is 5.92 Å². The van der Waals surface area contributed by atoms with Crippen LogP contribution in [0.25, 0.3) is 0 Å². The van der Waals surface area contributed by atoms with Crippen LogP contribution in [-0.2, 0) is 0 Å². The number of carbonyl (C=O) groups is 1. The van der Waals surface area contributed by atoms with Gasteiger partial charge in [0.1, 0.15) is 0 Å². The number of hydrogen-bond acceptors (Lipinski definition) is 2. The lowest BCUT2D eigenvalue weighted by atomic mass is 10.1. The van der Waals surface area contributed by atoms with E-state index in [-0.39, 0.29) is 6.03 Å². The van der Waals surface area contributed by atoms with Gasteiger partial charge in [-0.2, -0.15) is 0 Å².